The zero-order chi connectivity index (χ0) is 21.8. The van der Waals surface area contributed by atoms with Crippen molar-refractivity contribution in [2.24, 2.45) is 5.92 Å². The minimum absolute atomic E-state index is 0.206. The van der Waals surface area contributed by atoms with E-state index in [1.54, 1.807) is 19.4 Å². The number of pyridine rings is 1. The zero-order valence-electron chi connectivity index (χ0n) is 17.9. The maximum atomic E-state index is 13.1. The fourth-order valence-electron chi connectivity index (χ4n) is 5.79. The van der Waals surface area contributed by atoms with Gasteiger partial charge in [0.05, 0.1) is 12.6 Å². The number of hydrogen-bond acceptors (Lipinski definition) is 5. The third-order valence-corrected chi connectivity index (χ3v) is 7.27. The van der Waals surface area contributed by atoms with Crippen LogP contribution >= 0.6 is 0 Å². The van der Waals surface area contributed by atoms with Crippen LogP contribution in [0.2, 0.25) is 0 Å². The summed E-state index contributed by atoms with van der Waals surface area (Å²) in [5.74, 6) is 1.89. The highest BCUT2D eigenvalue weighted by Gasteiger charge is 2.40. The molecule has 3 atom stereocenters. The minimum atomic E-state index is -0.382. The van der Waals surface area contributed by atoms with Crippen LogP contribution in [0.25, 0.3) is 22.1 Å². The van der Waals surface area contributed by atoms with Gasteiger partial charge in [-0.3, -0.25) is 9.36 Å². The number of hydrogen-bond donors (Lipinski definition) is 3. The molecule has 3 aromatic heterocycles. The van der Waals surface area contributed by atoms with Gasteiger partial charge in [0.25, 0.3) is 5.56 Å². The van der Waals surface area contributed by atoms with Crippen molar-refractivity contribution in [3.05, 3.63) is 68.5 Å². The van der Waals surface area contributed by atoms with Gasteiger partial charge in [0.1, 0.15) is 16.9 Å². The third kappa shape index (κ3) is 2.82. The lowest BCUT2D eigenvalue weighted by Crippen LogP contribution is -2.38. The monoisotopic (exact) mass is 431 g/mol. The van der Waals surface area contributed by atoms with E-state index in [0.717, 1.165) is 30.5 Å². The van der Waals surface area contributed by atoms with Crippen molar-refractivity contribution in [3.8, 4) is 5.75 Å². The van der Waals surface area contributed by atoms with Gasteiger partial charge in [-0.1, -0.05) is 12.1 Å². The molecule has 1 aliphatic heterocycles. The average molecular weight is 431 g/mol. The van der Waals surface area contributed by atoms with Crippen LogP contribution in [0, 0.1) is 5.92 Å². The second-order valence-electron chi connectivity index (χ2n) is 8.82. The molecule has 1 saturated heterocycles. The molecule has 32 heavy (non-hydrogen) atoms. The Hall–Kier alpha value is -3.39. The first kappa shape index (κ1) is 19.3. The number of ether oxygens (including phenoxy) is 1. The first-order valence-electron chi connectivity index (χ1n) is 11.1. The Morgan fingerprint density at radius 2 is 2.06 bits per heavy atom. The third-order valence-electron chi connectivity index (χ3n) is 7.27. The number of aromatic nitrogens is 4. The summed E-state index contributed by atoms with van der Waals surface area (Å²) in [7, 11) is 1.72. The molecule has 1 unspecified atom stereocenters. The number of fused-ring (bicyclic) bond motifs is 6. The summed E-state index contributed by atoms with van der Waals surface area (Å²) in [6.07, 6.45) is 4.51. The van der Waals surface area contributed by atoms with Gasteiger partial charge < -0.3 is 20.0 Å². The number of aromatic amines is 2. The van der Waals surface area contributed by atoms with Crippen LogP contribution in [0.4, 0.5) is 0 Å². The Labute approximate surface area is 183 Å². The molecular weight excluding hydrogens is 406 g/mol. The molecule has 164 valence electrons. The van der Waals surface area contributed by atoms with Gasteiger partial charge in [-0.05, 0) is 61.1 Å². The fraction of sp³-hybridized carbons (Fsp3) is 0.375. The SMILES string of the molecule is COc1cccc2c1CC[C@H]1CNC(CCn3c(=O)[nH]c4c([nH]c5ncccc54)c3=O)[C@@H]21. The van der Waals surface area contributed by atoms with Gasteiger partial charge in [-0.25, -0.2) is 9.78 Å². The summed E-state index contributed by atoms with van der Waals surface area (Å²) in [4.78, 5) is 36.2. The van der Waals surface area contributed by atoms with Crippen LogP contribution in [-0.4, -0.2) is 39.2 Å². The van der Waals surface area contributed by atoms with Crippen LogP contribution in [0.15, 0.2) is 46.1 Å². The Kier molecular flexibility index (Phi) is 4.43. The summed E-state index contributed by atoms with van der Waals surface area (Å²) in [5.41, 5.74) is 3.46. The smallest absolute Gasteiger partial charge is 0.328 e. The van der Waals surface area contributed by atoms with Crippen molar-refractivity contribution in [1.82, 2.24) is 24.8 Å². The quantitative estimate of drug-likeness (QED) is 0.460. The summed E-state index contributed by atoms with van der Waals surface area (Å²) in [6, 6.07) is 10.1. The molecule has 6 rings (SSSR count). The molecule has 0 spiro atoms. The van der Waals surface area contributed by atoms with Gasteiger partial charge in [-0.2, -0.15) is 0 Å². The predicted molar refractivity (Wildman–Crippen MR) is 122 cm³/mol. The molecule has 0 bridgehead atoms. The summed E-state index contributed by atoms with van der Waals surface area (Å²) in [5, 5.41) is 4.41. The first-order valence-corrected chi connectivity index (χ1v) is 11.1. The molecule has 0 saturated carbocycles. The maximum absolute atomic E-state index is 13.1. The lowest BCUT2D eigenvalue weighted by molar-refractivity contribution is 0.371. The van der Waals surface area contributed by atoms with E-state index in [-0.39, 0.29) is 17.3 Å². The average Bonchev–Trinajstić information content (AvgIpc) is 3.40. The van der Waals surface area contributed by atoms with Crippen molar-refractivity contribution in [2.75, 3.05) is 13.7 Å². The highest BCUT2D eigenvalue weighted by Crippen LogP contribution is 2.45. The second kappa shape index (κ2) is 7.34. The standard InChI is InChI=1S/C24H25N5O3/c1-32-18-6-2-4-15-14(18)8-7-13-12-26-17(19(13)15)9-11-29-23(30)21-20(28-24(29)31)16-5-3-10-25-22(16)27-21/h2-6,10,13,17,19,26H,7-9,11-12H2,1H3,(H,25,27)(H,28,31)/t13-,17?,19+/m0/s1. The lowest BCUT2D eigenvalue weighted by atomic mass is 9.73. The Morgan fingerprint density at radius 3 is 2.94 bits per heavy atom. The highest BCUT2D eigenvalue weighted by atomic mass is 16.5. The molecule has 0 radical (unpaired) electrons. The summed E-state index contributed by atoms with van der Waals surface area (Å²) in [6.45, 7) is 1.32. The highest BCUT2D eigenvalue weighted by molar-refractivity contribution is 6.02. The van der Waals surface area contributed by atoms with Crippen LogP contribution < -0.4 is 21.3 Å². The number of rotatable bonds is 4. The maximum Gasteiger partial charge on any atom is 0.328 e. The zero-order valence-corrected chi connectivity index (χ0v) is 17.9. The van der Waals surface area contributed by atoms with E-state index in [0.29, 0.717) is 41.5 Å². The van der Waals surface area contributed by atoms with Gasteiger partial charge in [0.15, 0.2) is 0 Å². The van der Waals surface area contributed by atoms with Crippen molar-refractivity contribution in [1.29, 1.82) is 0 Å². The molecule has 0 amide bonds. The number of nitrogens with one attached hydrogen (secondary N) is 3. The number of benzene rings is 1. The first-order chi connectivity index (χ1) is 15.7. The largest absolute Gasteiger partial charge is 0.496 e. The molecule has 2 aliphatic rings. The molecule has 4 aromatic rings. The Balaban J connectivity index is 1.33. The minimum Gasteiger partial charge on any atom is -0.496 e. The second-order valence-corrected chi connectivity index (χ2v) is 8.82. The molecule has 4 heterocycles. The van der Waals surface area contributed by atoms with Gasteiger partial charge in [0, 0.05) is 30.1 Å². The number of methoxy groups -OCH3 is 1. The van der Waals surface area contributed by atoms with E-state index in [1.165, 1.54) is 15.7 Å². The topological polar surface area (TPSA) is 105 Å². The summed E-state index contributed by atoms with van der Waals surface area (Å²) >= 11 is 0. The van der Waals surface area contributed by atoms with Crippen molar-refractivity contribution in [3.63, 3.8) is 0 Å². The van der Waals surface area contributed by atoms with E-state index in [4.69, 9.17) is 4.74 Å². The normalized spacial score (nSPS) is 22.2. The van der Waals surface area contributed by atoms with Gasteiger partial charge >= 0.3 is 5.69 Å². The molecule has 8 nitrogen and oxygen atoms in total. The van der Waals surface area contributed by atoms with E-state index < -0.39 is 0 Å². The lowest BCUT2D eigenvalue weighted by Gasteiger charge is -2.32. The van der Waals surface area contributed by atoms with Crippen LogP contribution in [0.3, 0.4) is 0 Å². The Morgan fingerprint density at radius 1 is 1.16 bits per heavy atom. The van der Waals surface area contributed by atoms with E-state index in [9.17, 15) is 9.59 Å². The van der Waals surface area contributed by atoms with Crippen LogP contribution in [0.5, 0.6) is 5.75 Å². The van der Waals surface area contributed by atoms with Crippen molar-refractivity contribution < 1.29 is 4.74 Å². The summed E-state index contributed by atoms with van der Waals surface area (Å²) < 4.78 is 6.91. The molecular formula is C24H25N5O3. The van der Waals surface area contributed by atoms with E-state index >= 15 is 0 Å². The predicted octanol–water partition coefficient (Wildman–Crippen LogP) is 2.28. The number of nitrogens with zero attached hydrogens (tertiary/aromatic N) is 2. The molecule has 8 heteroatoms. The van der Waals surface area contributed by atoms with Crippen molar-refractivity contribution in [2.45, 2.75) is 37.8 Å². The Bertz CT molecular complexity index is 1450. The molecule has 1 aromatic carbocycles. The molecule has 1 fully saturated rings. The van der Waals surface area contributed by atoms with Gasteiger partial charge in [0.2, 0.25) is 0 Å². The van der Waals surface area contributed by atoms with E-state index in [1.807, 2.05) is 12.1 Å². The molecule has 3 N–H and O–H groups in total. The van der Waals surface area contributed by atoms with Crippen LogP contribution in [-0.2, 0) is 13.0 Å². The van der Waals surface area contributed by atoms with Gasteiger partial charge in [-0.15, -0.1) is 0 Å². The van der Waals surface area contributed by atoms with Crippen LogP contribution in [0.1, 0.15) is 29.9 Å². The number of H-pyrrole nitrogens is 2. The fourth-order valence-corrected chi connectivity index (χ4v) is 5.79. The van der Waals surface area contributed by atoms with E-state index in [2.05, 4.69) is 32.4 Å². The van der Waals surface area contributed by atoms with Crippen molar-refractivity contribution >= 4 is 22.1 Å². The molecule has 1 aliphatic carbocycles.